The van der Waals surface area contributed by atoms with Crippen molar-refractivity contribution >= 4 is 5.96 Å². The van der Waals surface area contributed by atoms with Crippen molar-refractivity contribution in [3.8, 4) is 28.6 Å². The molecule has 3 N–H and O–H groups in total. The number of aliphatic imine (C=N–C) groups is 1. The highest BCUT2D eigenvalue weighted by Gasteiger charge is 2.08. The van der Waals surface area contributed by atoms with Gasteiger partial charge >= 0.3 is 0 Å². The van der Waals surface area contributed by atoms with Crippen molar-refractivity contribution in [3.63, 3.8) is 0 Å². The molecule has 164 valence electrons. The number of nitrogens with zero attached hydrogens (tertiary/aromatic N) is 3. The Hall–Kier alpha value is -3.75. The molecule has 3 rings (SSSR count). The zero-order valence-electron chi connectivity index (χ0n) is 18.2. The van der Waals surface area contributed by atoms with Crippen molar-refractivity contribution in [2.24, 2.45) is 4.99 Å². The zero-order chi connectivity index (χ0) is 22.1. The van der Waals surface area contributed by atoms with Crippen molar-refractivity contribution in [1.82, 2.24) is 25.8 Å². The van der Waals surface area contributed by atoms with Gasteiger partial charge in [0, 0.05) is 12.1 Å². The van der Waals surface area contributed by atoms with E-state index in [4.69, 9.17) is 14.2 Å². The summed E-state index contributed by atoms with van der Waals surface area (Å²) in [4.78, 5) is 9.18. The van der Waals surface area contributed by atoms with Crippen molar-refractivity contribution in [2.75, 3.05) is 27.9 Å². The maximum atomic E-state index is 5.36. The van der Waals surface area contributed by atoms with Crippen LogP contribution in [-0.2, 0) is 13.1 Å². The third-order valence-corrected chi connectivity index (χ3v) is 4.52. The molecule has 0 aliphatic heterocycles. The number of aromatic amines is 1. The third kappa shape index (κ3) is 5.88. The summed E-state index contributed by atoms with van der Waals surface area (Å²) in [5, 5.41) is 13.8. The lowest BCUT2D eigenvalue weighted by Gasteiger charge is -2.11. The van der Waals surface area contributed by atoms with Gasteiger partial charge < -0.3 is 24.8 Å². The number of hydrogen-bond acceptors (Lipinski definition) is 6. The predicted octanol–water partition coefficient (Wildman–Crippen LogP) is 2.75. The van der Waals surface area contributed by atoms with Gasteiger partial charge in [0.15, 0.2) is 23.3 Å². The van der Waals surface area contributed by atoms with Gasteiger partial charge in [-0.3, -0.25) is 5.10 Å². The molecule has 0 bridgehead atoms. The molecule has 31 heavy (non-hydrogen) atoms. The Labute approximate surface area is 181 Å². The SMILES string of the molecule is CCNC(=NCc1ccc(OC)c(OC)c1)NCc1nc(-c2ccc(OC)cc2)n[nH]1. The summed E-state index contributed by atoms with van der Waals surface area (Å²) in [6.45, 7) is 3.71. The number of rotatable bonds is 9. The lowest BCUT2D eigenvalue weighted by molar-refractivity contribution is 0.354. The topological polar surface area (TPSA) is 106 Å². The van der Waals surface area contributed by atoms with E-state index >= 15 is 0 Å². The highest BCUT2D eigenvalue weighted by Crippen LogP contribution is 2.27. The van der Waals surface area contributed by atoms with Gasteiger partial charge in [-0.15, -0.1) is 0 Å². The number of guanidine groups is 1. The standard InChI is InChI=1S/C22H28N6O3/c1-5-23-22(24-13-15-6-11-18(30-3)19(12-15)31-4)25-14-20-26-21(28-27-20)16-7-9-17(29-2)10-8-16/h6-12H,5,13-14H2,1-4H3,(H2,23,24,25)(H,26,27,28). The van der Waals surface area contributed by atoms with Gasteiger partial charge in [-0.2, -0.15) is 5.10 Å². The average Bonchev–Trinajstić information content (AvgIpc) is 3.29. The van der Waals surface area contributed by atoms with Crippen LogP contribution in [0.3, 0.4) is 0 Å². The smallest absolute Gasteiger partial charge is 0.191 e. The predicted molar refractivity (Wildman–Crippen MR) is 120 cm³/mol. The first-order chi connectivity index (χ1) is 15.2. The van der Waals surface area contributed by atoms with Crippen LogP contribution in [0.5, 0.6) is 17.2 Å². The Morgan fingerprint density at radius 3 is 2.42 bits per heavy atom. The van der Waals surface area contributed by atoms with E-state index in [1.165, 1.54) is 0 Å². The number of benzene rings is 2. The number of hydrogen-bond donors (Lipinski definition) is 3. The molecule has 0 saturated heterocycles. The molecule has 3 aromatic rings. The molecule has 2 aromatic carbocycles. The number of nitrogens with one attached hydrogen (secondary N) is 3. The van der Waals surface area contributed by atoms with Crippen LogP contribution in [0.4, 0.5) is 0 Å². The number of aromatic nitrogens is 3. The molecule has 0 saturated carbocycles. The summed E-state index contributed by atoms with van der Waals surface area (Å²) >= 11 is 0. The Kier molecular flexibility index (Phi) is 7.69. The first kappa shape index (κ1) is 21.9. The second-order valence-electron chi connectivity index (χ2n) is 6.57. The van der Waals surface area contributed by atoms with Crippen molar-refractivity contribution in [2.45, 2.75) is 20.0 Å². The molecule has 1 aromatic heterocycles. The van der Waals surface area contributed by atoms with E-state index < -0.39 is 0 Å². The van der Waals surface area contributed by atoms with Crippen LogP contribution >= 0.6 is 0 Å². The molecule has 0 aliphatic carbocycles. The molecule has 0 radical (unpaired) electrons. The second-order valence-corrected chi connectivity index (χ2v) is 6.57. The van der Waals surface area contributed by atoms with Crippen LogP contribution in [-0.4, -0.2) is 49.0 Å². The van der Waals surface area contributed by atoms with Crippen LogP contribution in [0.15, 0.2) is 47.5 Å². The summed E-state index contributed by atoms with van der Waals surface area (Å²) in [5.41, 5.74) is 1.92. The summed E-state index contributed by atoms with van der Waals surface area (Å²) in [6, 6.07) is 13.4. The van der Waals surface area contributed by atoms with Crippen molar-refractivity contribution < 1.29 is 14.2 Å². The van der Waals surface area contributed by atoms with Gasteiger partial charge in [0.25, 0.3) is 0 Å². The molecule has 0 amide bonds. The minimum Gasteiger partial charge on any atom is -0.497 e. The third-order valence-electron chi connectivity index (χ3n) is 4.52. The van der Waals surface area contributed by atoms with E-state index in [9.17, 15) is 0 Å². The van der Waals surface area contributed by atoms with E-state index in [-0.39, 0.29) is 0 Å². The van der Waals surface area contributed by atoms with Gasteiger partial charge in [0.05, 0.1) is 34.4 Å². The summed E-state index contributed by atoms with van der Waals surface area (Å²) in [5.74, 6) is 4.19. The van der Waals surface area contributed by atoms with E-state index in [0.29, 0.717) is 42.2 Å². The minimum absolute atomic E-state index is 0.459. The normalized spacial score (nSPS) is 11.2. The van der Waals surface area contributed by atoms with Crippen LogP contribution in [0.1, 0.15) is 18.3 Å². The molecule has 0 unspecified atom stereocenters. The maximum absolute atomic E-state index is 5.36. The van der Waals surface area contributed by atoms with Crippen molar-refractivity contribution in [1.29, 1.82) is 0 Å². The van der Waals surface area contributed by atoms with Gasteiger partial charge in [-0.25, -0.2) is 9.98 Å². The molecule has 9 heteroatoms. The summed E-state index contributed by atoms with van der Waals surface area (Å²) in [6.07, 6.45) is 0. The Balaban J connectivity index is 1.63. The maximum Gasteiger partial charge on any atom is 0.191 e. The van der Waals surface area contributed by atoms with Gasteiger partial charge in [-0.05, 0) is 48.9 Å². The number of ether oxygens (including phenoxy) is 3. The first-order valence-electron chi connectivity index (χ1n) is 9.95. The Morgan fingerprint density at radius 1 is 0.968 bits per heavy atom. The summed E-state index contributed by atoms with van der Waals surface area (Å²) < 4.78 is 15.8. The monoisotopic (exact) mass is 424 g/mol. The van der Waals surface area contributed by atoms with Gasteiger partial charge in [0.2, 0.25) is 0 Å². The van der Waals surface area contributed by atoms with Gasteiger partial charge in [-0.1, -0.05) is 6.07 Å². The molecular weight excluding hydrogens is 396 g/mol. The van der Waals surface area contributed by atoms with Crippen LogP contribution in [0, 0.1) is 0 Å². The Morgan fingerprint density at radius 2 is 1.74 bits per heavy atom. The zero-order valence-corrected chi connectivity index (χ0v) is 18.2. The highest BCUT2D eigenvalue weighted by atomic mass is 16.5. The van der Waals surface area contributed by atoms with Crippen LogP contribution in [0.25, 0.3) is 11.4 Å². The lowest BCUT2D eigenvalue weighted by Crippen LogP contribution is -2.37. The largest absolute Gasteiger partial charge is 0.497 e. The van der Waals surface area contributed by atoms with E-state index in [0.717, 1.165) is 23.4 Å². The molecule has 9 nitrogen and oxygen atoms in total. The fourth-order valence-corrected chi connectivity index (χ4v) is 2.90. The minimum atomic E-state index is 0.459. The van der Waals surface area contributed by atoms with Gasteiger partial charge in [0.1, 0.15) is 11.6 Å². The number of methoxy groups -OCH3 is 3. The average molecular weight is 425 g/mol. The molecular formula is C22H28N6O3. The molecule has 0 atom stereocenters. The fourth-order valence-electron chi connectivity index (χ4n) is 2.90. The molecule has 0 spiro atoms. The lowest BCUT2D eigenvalue weighted by atomic mass is 10.2. The van der Waals surface area contributed by atoms with E-state index in [1.807, 2.05) is 49.4 Å². The quantitative estimate of drug-likeness (QED) is 0.358. The van der Waals surface area contributed by atoms with E-state index in [1.54, 1.807) is 21.3 Å². The number of H-pyrrole nitrogens is 1. The second kappa shape index (κ2) is 10.9. The first-order valence-corrected chi connectivity index (χ1v) is 9.95. The van der Waals surface area contributed by atoms with Crippen LogP contribution < -0.4 is 24.8 Å². The molecule has 0 fully saturated rings. The van der Waals surface area contributed by atoms with E-state index in [2.05, 4.69) is 30.8 Å². The molecule has 0 aliphatic rings. The molecule has 1 heterocycles. The van der Waals surface area contributed by atoms with Crippen LogP contribution in [0.2, 0.25) is 0 Å². The van der Waals surface area contributed by atoms with Crippen molar-refractivity contribution in [3.05, 3.63) is 53.9 Å². The highest BCUT2D eigenvalue weighted by molar-refractivity contribution is 5.79. The Bertz CT molecular complexity index is 1000. The fraction of sp³-hybridized carbons (Fsp3) is 0.318. The summed E-state index contributed by atoms with van der Waals surface area (Å²) in [7, 11) is 4.88.